The Morgan fingerprint density at radius 3 is 2.63 bits per heavy atom. The molecule has 1 aliphatic rings. The molecule has 216 valence electrons. The molecule has 0 unspecified atom stereocenters. The topological polar surface area (TPSA) is 103 Å². The normalized spacial score (nSPS) is 22.4. The summed E-state index contributed by atoms with van der Waals surface area (Å²) in [4.78, 5) is 30.4. The molecule has 3 amide bonds. The lowest BCUT2D eigenvalue weighted by atomic mass is 10.0. The highest BCUT2D eigenvalue weighted by atomic mass is 16.5. The molecule has 0 spiro atoms. The summed E-state index contributed by atoms with van der Waals surface area (Å²) in [7, 11) is 2.10. The van der Waals surface area contributed by atoms with Crippen LogP contribution in [0.15, 0.2) is 18.2 Å². The fourth-order valence-corrected chi connectivity index (χ4v) is 4.67. The zero-order chi connectivity index (χ0) is 28.2. The van der Waals surface area contributed by atoms with Gasteiger partial charge in [0, 0.05) is 37.3 Å². The summed E-state index contributed by atoms with van der Waals surface area (Å²) in [6.07, 6.45) is 3.65. The van der Waals surface area contributed by atoms with Crippen molar-refractivity contribution in [1.29, 1.82) is 0 Å². The number of benzene rings is 1. The van der Waals surface area contributed by atoms with E-state index in [4.69, 9.17) is 9.47 Å². The third kappa shape index (κ3) is 10.1. The van der Waals surface area contributed by atoms with Crippen LogP contribution in [0.25, 0.3) is 0 Å². The van der Waals surface area contributed by atoms with Crippen LogP contribution in [-0.2, 0) is 4.74 Å². The van der Waals surface area contributed by atoms with Gasteiger partial charge in [-0.1, -0.05) is 13.8 Å². The highest BCUT2D eigenvalue weighted by molar-refractivity contribution is 5.99. The van der Waals surface area contributed by atoms with E-state index >= 15 is 0 Å². The molecule has 3 N–H and O–H groups in total. The number of aliphatic hydroxyl groups is 1. The van der Waals surface area contributed by atoms with E-state index in [1.165, 1.54) is 0 Å². The molecule has 1 aromatic rings. The number of aliphatic hydroxyl groups excluding tert-OH is 1. The van der Waals surface area contributed by atoms with Gasteiger partial charge in [0.2, 0.25) is 0 Å². The molecule has 9 heteroatoms. The van der Waals surface area contributed by atoms with Gasteiger partial charge in [-0.25, -0.2) is 4.79 Å². The summed E-state index contributed by atoms with van der Waals surface area (Å²) in [5.74, 6) is 0.274. The number of nitrogens with zero attached hydrogens (tertiary/aromatic N) is 2. The molecule has 0 aromatic heterocycles. The zero-order valence-electron chi connectivity index (χ0n) is 24.5. The Balaban J connectivity index is 2.45. The van der Waals surface area contributed by atoms with Gasteiger partial charge in [-0.2, -0.15) is 0 Å². The van der Waals surface area contributed by atoms with Gasteiger partial charge >= 0.3 is 6.03 Å². The molecule has 0 saturated heterocycles. The first-order valence-corrected chi connectivity index (χ1v) is 14.2. The third-order valence-electron chi connectivity index (χ3n) is 6.83. The monoisotopic (exact) mass is 534 g/mol. The van der Waals surface area contributed by atoms with Crippen molar-refractivity contribution >= 4 is 17.6 Å². The number of amides is 3. The van der Waals surface area contributed by atoms with Gasteiger partial charge < -0.3 is 35.0 Å². The molecule has 0 saturated carbocycles. The Kier molecular flexibility index (Phi) is 13.3. The van der Waals surface area contributed by atoms with Crippen molar-refractivity contribution in [3.05, 3.63) is 23.8 Å². The predicted molar refractivity (Wildman–Crippen MR) is 152 cm³/mol. The summed E-state index contributed by atoms with van der Waals surface area (Å²) in [5, 5.41) is 15.7. The number of carbonyl (C=O) groups excluding carboxylic acids is 2. The molecule has 4 atom stereocenters. The van der Waals surface area contributed by atoms with E-state index in [0.717, 1.165) is 38.8 Å². The maximum absolute atomic E-state index is 14.1. The van der Waals surface area contributed by atoms with Gasteiger partial charge in [0.15, 0.2) is 0 Å². The fourth-order valence-electron chi connectivity index (χ4n) is 4.67. The molecule has 1 heterocycles. The minimum Gasteiger partial charge on any atom is -0.490 e. The number of hydrogen-bond donors (Lipinski definition) is 3. The van der Waals surface area contributed by atoms with Crippen molar-refractivity contribution in [3.63, 3.8) is 0 Å². The molecule has 2 rings (SSSR count). The highest BCUT2D eigenvalue weighted by Gasteiger charge is 2.30. The van der Waals surface area contributed by atoms with Crippen LogP contribution < -0.4 is 15.4 Å². The van der Waals surface area contributed by atoms with Crippen molar-refractivity contribution < 1.29 is 24.2 Å². The summed E-state index contributed by atoms with van der Waals surface area (Å²) in [6, 6.07) is 4.40. The van der Waals surface area contributed by atoms with Gasteiger partial charge in [-0.3, -0.25) is 4.79 Å². The van der Waals surface area contributed by atoms with E-state index in [0.29, 0.717) is 30.2 Å². The summed E-state index contributed by atoms with van der Waals surface area (Å²) in [5.41, 5.74) is 0.865. The Hall–Kier alpha value is -2.36. The molecule has 0 radical (unpaired) electrons. The fraction of sp³-hybridized carbons (Fsp3) is 0.724. The third-order valence-corrected chi connectivity index (χ3v) is 6.83. The average molecular weight is 535 g/mol. The van der Waals surface area contributed by atoms with Gasteiger partial charge in [-0.15, -0.1) is 0 Å². The predicted octanol–water partition coefficient (Wildman–Crippen LogP) is 4.35. The number of carbonyl (C=O) groups is 2. The first-order valence-electron chi connectivity index (χ1n) is 14.2. The van der Waals surface area contributed by atoms with Crippen LogP contribution >= 0.6 is 0 Å². The SMILES string of the molecule is CCCN(C)C[C@@H]1OCCCC[C@@H](C)Oc2ccc(NC(=O)NC(C)C)cc2C(=O)N([C@H](C)CO)C[C@@H]1C. The second-order valence-electron chi connectivity index (χ2n) is 11.0. The Bertz CT molecular complexity index is 881. The van der Waals surface area contributed by atoms with Crippen LogP contribution in [0.1, 0.15) is 77.6 Å². The maximum atomic E-state index is 14.1. The van der Waals surface area contributed by atoms with Crippen LogP contribution in [0.4, 0.5) is 10.5 Å². The molecule has 0 aliphatic carbocycles. The first-order chi connectivity index (χ1) is 18.0. The Labute approximate surface area is 229 Å². The minimum atomic E-state index is -0.405. The second-order valence-corrected chi connectivity index (χ2v) is 11.0. The largest absolute Gasteiger partial charge is 0.490 e. The van der Waals surface area contributed by atoms with Crippen LogP contribution in [0, 0.1) is 5.92 Å². The number of nitrogens with one attached hydrogen (secondary N) is 2. The summed E-state index contributed by atoms with van der Waals surface area (Å²) in [6.45, 7) is 14.5. The van der Waals surface area contributed by atoms with E-state index < -0.39 is 6.04 Å². The number of rotatable bonds is 8. The summed E-state index contributed by atoms with van der Waals surface area (Å²) >= 11 is 0. The van der Waals surface area contributed by atoms with Gasteiger partial charge in [0.25, 0.3) is 5.91 Å². The van der Waals surface area contributed by atoms with E-state index in [-0.39, 0.29) is 42.7 Å². The van der Waals surface area contributed by atoms with Crippen molar-refractivity contribution in [3.8, 4) is 5.75 Å². The van der Waals surface area contributed by atoms with Crippen LogP contribution in [0.2, 0.25) is 0 Å². The smallest absolute Gasteiger partial charge is 0.319 e. The highest BCUT2D eigenvalue weighted by Crippen LogP contribution is 2.28. The van der Waals surface area contributed by atoms with E-state index in [9.17, 15) is 14.7 Å². The molecule has 9 nitrogen and oxygen atoms in total. The van der Waals surface area contributed by atoms with Crippen LogP contribution in [0.5, 0.6) is 5.75 Å². The number of fused-ring (bicyclic) bond motifs is 1. The molecule has 38 heavy (non-hydrogen) atoms. The van der Waals surface area contributed by atoms with Crippen molar-refractivity contribution in [2.75, 3.05) is 45.2 Å². The zero-order valence-corrected chi connectivity index (χ0v) is 24.5. The maximum Gasteiger partial charge on any atom is 0.319 e. The van der Waals surface area contributed by atoms with Gasteiger partial charge in [0.1, 0.15) is 5.75 Å². The van der Waals surface area contributed by atoms with E-state index in [1.54, 1.807) is 23.1 Å². The molecule has 0 bridgehead atoms. The Morgan fingerprint density at radius 1 is 1.24 bits per heavy atom. The quantitative estimate of drug-likeness (QED) is 0.458. The number of anilines is 1. The first kappa shape index (κ1) is 31.9. The molecule has 1 aliphatic heterocycles. The number of ether oxygens (including phenoxy) is 2. The summed E-state index contributed by atoms with van der Waals surface area (Å²) < 4.78 is 12.6. The van der Waals surface area contributed by atoms with E-state index in [1.807, 2.05) is 27.7 Å². The molecular formula is C29H50N4O5. The second kappa shape index (κ2) is 15.9. The lowest BCUT2D eigenvalue weighted by Gasteiger charge is -2.35. The van der Waals surface area contributed by atoms with E-state index in [2.05, 4.69) is 36.4 Å². The van der Waals surface area contributed by atoms with Gasteiger partial charge in [-0.05, 0) is 85.2 Å². The van der Waals surface area contributed by atoms with Gasteiger partial charge in [0.05, 0.1) is 30.4 Å². The number of likely N-dealkylation sites (N-methyl/N-ethyl adjacent to an activating group) is 1. The lowest BCUT2D eigenvalue weighted by molar-refractivity contribution is -0.0167. The standard InChI is InChI=1S/C29H50N4O5/c1-8-14-32(7)18-27-21(4)17-33(22(5)19-34)28(35)25-16-24(31-29(36)30-20(2)3)12-13-26(25)38-23(6)11-9-10-15-37-27/h12-13,16,20-23,27,34H,8-11,14-15,17-19H2,1-7H3,(H2,30,31,36)/t21-,22+,23+,27-/m0/s1. The van der Waals surface area contributed by atoms with Crippen molar-refractivity contribution in [2.24, 2.45) is 5.92 Å². The molecule has 1 aromatic carbocycles. The molecule has 0 fully saturated rings. The van der Waals surface area contributed by atoms with Crippen molar-refractivity contribution in [2.45, 2.75) is 91.5 Å². The average Bonchev–Trinajstić information content (AvgIpc) is 2.85. The number of urea groups is 1. The minimum absolute atomic E-state index is 0.0213. The van der Waals surface area contributed by atoms with Crippen LogP contribution in [-0.4, -0.2) is 91.0 Å². The number of hydrogen-bond acceptors (Lipinski definition) is 6. The van der Waals surface area contributed by atoms with Crippen LogP contribution in [0.3, 0.4) is 0 Å². The van der Waals surface area contributed by atoms with Crippen molar-refractivity contribution in [1.82, 2.24) is 15.1 Å². The Morgan fingerprint density at radius 2 is 1.97 bits per heavy atom. The molecular weight excluding hydrogens is 484 g/mol. The lowest BCUT2D eigenvalue weighted by Crippen LogP contribution is -2.47.